The predicted molar refractivity (Wildman–Crippen MR) is 84.8 cm³/mol. The van der Waals surface area contributed by atoms with Crippen molar-refractivity contribution in [3.8, 4) is 0 Å². The van der Waals surface area contributed by atoms with Crippen LogP contribution in [0.1, 0.15) is 36.5 Å². The average molecular weight is 315 g/mol. The maximum Gasteiger partial charge on any atom is 0.315 e. The molecule has 2 aromatic rings. The van der Waals surface area contributed by atoms with Gasteiger partial charge < -0.3 is 19.9 Å². The van der Waals surface area contributed by atoms with Crippen LogP contribution >= 0.6 is 0 Å². The Labute approximate surface area is 135 Å². The van der Waals surface area contributed by atoms with Crippen molar-refractivity contribution in [3.63, 3.8) is 0 Å². The number of rotatable bonds is 5. The Morgan fingerprint density at radius 1 is 1.35 bits per heavy atom. The van der Waals surface area contributed by atoms with Gasteiger partial charge in [-0.2, -0.15) is 0 Å². The van der Waals surface area contributed by atoms with Gasteiger partial charge in [-0.15, -0.1) is 0 Å². The number of hydrogen-bond acceptors (Lipinski definition) is 4. The fourth-order valence-electron chi connectivity index (χ4n) is 2.70. The van der Waals surface area contributed by atoms with Crippen molar-refractivity contribution in [2.24, 2.45) is 0 Å². The lowest BCUT2D eigenvalue weighted by atomic mass is 10.0. The third-order valence-corrected chi connectivity index (χ3v) is 3.93. The second-order valence-electron chi connectivity index (χ2n) is 5.56. The fraction of sp³-hybridized carbons (Fsp3) is 0.412. The van der Waals surface area contributed by atoms with Crippen LogP contribution in [-0.2, 0) is 17.7 Å². The highest BCUT2D eigenvalue weighted by molar-refractivity contribution is 5.74. The Kier molecular flexibility index (Phi) is 4.92. The lowest BCUT2D eigenvalue weighted by molar-refractivity contribution is 0.0999. The molecule has 6 heteroatoms. The largest absolute Gasteiger partial charge is 0.371 e. The van der Waals surface area contributed by atoms with E-state index in [0.29, 0.717) is 18.9 Å². The topological polar surface area (TPSA) is 76.4 Å². The summed E-state index contributed by atoms with van der Waals surface area (Å²) in [4.78, 5) is 12.1. The maximum absolute atomic E-state index is 12.1. The van der Waals surface area contributed by atoms with E-state index in [4.69, 9.17) is 9.26 Å². The highest BCUT2D eigenvalue weighted by atomic mass is 16.5. The first-order valence-electron chi connectivity index (χ1n) is 7.91. The molecular weight excluding hydrogens is 294 g/mol. The number of aromatic nitrogens is 1. The van der Waals surface area contributed by atoms with Crippen molar-refractivity contribution in [3.05, 3.63) is 53.4 Å². The lowest BCUT2D eigenvalue weighted by Gasteiger charge is -2.20. The summed E-state index contributed by atoms with van der Waals surface area (Å²) < 4.78 is 10.9. The second kappa shape index (κ2) is 7.28. The van der Waals surface area contributed by atoms with Crippen LogP contribution in [0.5, 0.6) is 0 Å². The first-order valence-corrected chi connectivity index (χ1v) is 7.91. The van der Waals surface area contributed by atoms with E-state index in [9.17, 15) is 4.79 Å². The van der Waals surface area contributed by atoms with Crippen LogP contribution < -0.4 is 10.6 Å². The molecular formula is C17H21N3O3. The number of carbonyl (C=O) groups excluding carboxylic acids is 1. The van der Waals surface area contributed by atoms with Gasteiger partial charge in [0, 0.05) is 12.7 Å². The van der Waals surface area contributed by atoms with Gasteiger partial charge in [0.25, 0.3) is 0 Å². The van der Waals surface area contributed by atoms with Gasteiger partial charge in [-0.3, -0.25) is 0 Å². The Balaban J connectivity index is 1.52. The molecule has 6 nitrogen and oxygen atoms in total. The van der Waals surface area contributed by atoms with Crippen molar-refractivity contribution >= 4 is 6.03 Å². The Morgan fingerprint density at radius 2 is 2.17 bits per heavy atom. The Bertz CT molecular complexity index is 642. The zero-order valence-electron chi connectivity index (χ0n) is 13.1. The van der Waals surface area contributed by atoms with Gasteiger partial charge in [0.15, 0.2) is 5.76 Å². The Morgan fingerprint density at radius 3 is 2.91 bits per heavy atom. The SMILES string of the molecule is CCc1cc(CNC(=O)NC2CCOC2c2ccccc2)on1. The molecule has 1 aliphatic heterocycles. The molecule has 2 atom stereocenters. The van der Waals surface area contributed by atoms with E-state index in [1.54, 1.807) is 0 Å². The molecule has 1 aromatic carbocycles. The van der Waals surface area contributed by atoms with Crippen LogP contribution in [0.15, 0.2) is 40.9 Å². The number of aryl methyl sites for hydroxylation is 1. The molecule has 0 spiro atoms. The summed E-state index contributed by atoms with van der Waals surface area (Å²) in [6.07, 6.45) is 1.52. The summed E-state index contributed by atoms with van der Waals surface area (Å²) in [5.41, 5.74) is 1.97. The predicted octanol–water partition coefficient (Wildman–Crippen LogP) is 2.57. The molecule has 23 heavy (non-hydrogen) atoms. The summed E-state index contributed by atoms with van der Waals surface area (Å²) in [5, 5.41) is 9.68. The maximum atomic E-state index is 12.1. The first-order chi connectivity index (χ1) is 11.3. The van der Waals surface area contributed by atoms with Gasteiger partial charge in [0.2, 0.25) is 0 Å². The van der Waals surface area contributed by atoms with Crippen LogP contribution in [0, 0.1) is 0 Å². The van der Waals surface area contributed by atoms with Crippen LogP contribution in [0.3, 0.4) is 0 Å². The van der Waals surface area contributed by atoms with Gasteiger partial charge in [-0.05, 0) is 18.4 Å². The van der Waals surface area contributed by atoms with Gasteiger partial charge in [0.05, 0.1) is 18.3 Å². The zero-order valence-corrected chi connectivity index (χ0v) is 13.1. The molecule has 2 unspecified atom stereocenters. The standard InChI is InChI=1S/C17H21N3O3/c1-2-13-10-14(23-20-13)11-18-17(21)19-15-8-9-22-16(15)12-6-4-3-5-7-12/h3-7,10,15-16H,2,8-9,11H2,1H3,(H2,18,19,21). The molecule has 0 bridgehead atoms. The van der Waals surface area contributed by atoms with E-state index >= 15 is 0 Å². The number of carbonyl (C=O) groups is 1. The summed E-state index contributed by atoms with van der Waals surface area (Å²) in [6, 6.07) is 11.6. The van der Waals surface area contributed by atoms with E-state index < -0.39 is 0 Å². The zero-order chi connectivity index (χ0) is 16.1. The lowest BCUT2D eigenvalue weighted by Crippen LogP contribution is -2.43. The smallest absolute Gasteiger partial charge is 0.315 e. The minimum atomic E-state index is -0.226. The quantitative estimate of drug-likeness (QED) is 0.889. The highest BCUT2D eigenvalue weighted by Crippen LogP contribution is 2.28. The van der Waals surface area contributed by atoms with Gasteiger partial charge in [-0.1, -0.05) is 42.4 Å². The molecule has 3 rings (SSSR count). The number of ether oxygens (including phenoxy) is 1. The molecule has 1 saturated heterocycles. The van der Waals surface area contributed by atoms with Crippen molar-refractivity contribution in [2.75, 3.05) is 6.61 Å². The number of benzene rings is 1. The molecule has 1 aromatic heterocycles. The van der Waals surface area contributed by atoms with Crippen molar-refractivity contribution in [1.29, 1.82) is 0 Å². The third-order valence-electron chi connectivity index (χ3n) is 3.93. The molecule has 2 N–H and O–H groups in total. The number of urea groups is 1. The van der Waals surface area contributed by atoms with Gasteiger partial charge >= 0.3 is 6.03 Å². The summed E-state index contributed by atoms with van der Waals surface area (Å²) >= 11 is 0. The monoisotopic (exact) mass is 315 g/mol. The number of amides is 2. The van der Waals surface area contributed by atoms with Crippen molar-refractivity contribution < 1.29 is 14.1 Å². The van der Waals surface area contributed by atoms with E-state index in [0.717, 1.165) is 24.1 Å². The van der Waals surface area contributed by atoms with Crippen LogP contribution in [0.25, 0.3) is 0 Å². The van der Waals surface area contributed by atoms with Gasteiger partial charge in [-0.25, -0.2) is 4.79 Å². The molecule has 122 valence electrons. The average Bonchev–Trinajstić information content (AvgIpc) is 3.22. The summed E-state index contributed by atoms with van der Waals surface area (Å²) in [7, 11) is 0. The van der Waals surface area contributed by atoms with Crippen LogP contribution in [0.2, 0.25) is 0 Å². The minimum absolute atomic E-state index is 0.0293. The summed E-state index contributed by atoms with van der Waals surface area (Å²) in [6.45, 7) is 2.97. The molecule has 0 radical (unpaired) electrons. The minimum Gasteiger partial charge on any atom is -0.371 e. The van der Waals surface area contributed by atoms with Crippen LogP contribution in [-0.4, -0.2) is 23.8 Å². The number of hydrogen-bond donors (Lipinski definition) is 2. The normalized spacial score (nSPS) is 20.4. The molecule has 2 heterocycles. The van der Waals surface area contributed by atoms with Crippen LogP contribution in [0.4, 0.5) is 4.79 Å². The molecule has 0 saturated carbocycles. The second-order valence-corrected chi connectivity index (χ2v) is 5.56. The first kappa shape index (κ1) is 15.6. The van der Waals surface area contributed by atoms with E-state index in [1.165, 1.54) is 0 Å². The van der Waals surface area contributed by atoms with Gasteiger partial charge in [0.1, 0.15) is 6.10 Å². The molecule has 1 fully saturated rings. The Hall–Kier alpha value is -2.34. The summed E-state index contributed by atoms with van der Waals surface area (Å²) in [5.74, 6) is 0.652. The number of nitrogens with one attached hydrogen (secondary N) is 2. The van der Waals surface area contributed by atoms with Crippen molar-refractivity contribution in [2.45, 2.75) is 38.5 Å². The van der Waals surface area contributed by atoms with E-state index in [1.807, 2.05) is 43.3 Å². The van der Waals surface area contributed by atoms with E-state index in [2.05, 4.69) is 15.8 Å². The van der Waals surface area contributed by atoms with E-state index in [-0.39, 0.29) is 18.2 Å². The molecule has 1 aliphatic rings. The fourth-order valence-corrected chi connectivity index (χ4v) is 2.70. The molecule has 0 aliphatic carbocycles. The van der Waals surface area contributed by atoms with Crippen molar-refractivity contribution in [1.82, 2.24) is 15.8 Å². The molecule has 2 amide bonds. The third kappa shape index (κ3) is 3.90. The highest BCUT2D eigenvalue weighted by Gasteiger charge is 2.30. The number of nitrogens with zero attached hydrogens (tertiary/aromatic N) is 1.